The minimum absolute atomic E-state index is 0.101. The number of hydrogen-bond donors (Lipinski definition) is 2. The minimum atomic E-state index is -0.292. The van der Waals surface area contributed by atoms with Crippen LogP contribution in [0.5, 0.6) is 0 Å². The predicted octanol–water partition coefficient (Wildman–Crippen LogP) is 3.44. The highest BCUT2D eigenvalue weighted by Gasteiger charge is 2.24. The summed E-state index contributed by atoms with van der Waals surface area (Å²) in [5.74, 6) is -0.277. The number of piperazine rings is 1. The van der Waals surface area contributed by atoms with Gasteiger partial charge < -0.3 is 20.9 Å². The van der Waals surface area contributed by atoms with Crippen LogP contribution in [0.25, 0.3) is 0 Å². The molecule has 0 radical (unpaired) electrons. The molecule has 3 aromatic rings. The van der Waals surface area contributed by atoms with E-state index >= 15 is 0 Å². The third kappa shape index (κ3) is 5.61. The number of nitrogens with zero attached hydrogens (tertiary/aromatic N) is 2. The van der Waals surface area contributed by atoms with Crippen LogP contribution in [0.15, 0.2) is 78.9 Å². The molecule has 0 atom stereocenters. The first-order valence-corrected chi connectivity index (χ1v) is 11.4. The molecule has 7 heteroatoms. The van der Waals surface area contributed by atoms with Crippen LogP contribution in [0.3, 0.4) is 0 Å². The SMILES string of the molecule is Nc1ccccc1NC(=O)c1ccc(C(=O)N2CCN(C(=O)CCc3ccccc3)CC2)cc1. The van der Waals surface area contributed by atoms with Gasteiger partial charge in [0.1, 0.15) is 0 Å². The lowest BCUT2D eigenvalue weighted by Gasteiger charge is -2.35. The summed E-state index contributed by atoms with van der Waals surface area (Å²) in [6, 6.07) is 23.6. The fourth-order valence-electron chi connectivity index (χ4n) is 3.97. The molecule has 3 N–H and O–H groups in total. The maximum Gasteiger partial charge on any atom is 0.255 e. The lowest BCUT2D eigenvalue weighted by Crippen LogP contribution is -2.50. The smallest absolute Gasteiger partial charge is 0.255 e. The topological polar surface area (TPSA) is 95.7 Å². The first-order valence-electron chi connectivity index (χ1n) is 11.4. The summed E-state index contributed by atoms with van der Waals surface area (Å²) in [5, 5.41) is 2.78. The quantitative estimate of drug-likeness (QED) is 0.556. The van der Waals surface area contributed by atoms with E-state index in [4.69, 9.17) is 5.73 Å². The molecule has 0 unspecified atom stereocenters. The van der Waals surface area contributed by atoms with Crippen molar-refractivity contribution >= 4 is 29.1 Å². The van der Waals surface area contributed by atoms with Gasteiger partial charge in [0.05, 0.1) is 11.4 Å². The van der Waals surface area contributed by atoms with Crippen molar-refractivity contribution in [2.45, 2.75) is 12.8 Å². The maximum absolute atomic E-state index is 12.9. The second-order valence-electron chi connectivity index (χ2n) is 8.28. The molecule has 174 valence electrons. The lowest BCUT2D eigenvalue weighted by atomic mass is 10.1. The van der Waals surface area contributed by atoms with Gasteiger partial charge in [-0.2, -0.15) is 0 Å². The summed E-state index contributed by atoms with van der Waals surface area (Å²) < 4.78 is 0. The molecule has 0 bridgehead atoms. The van der Waals surface area contributed by atoms with Crippen LogP contribution in [-0.2, 0) is 11.2 Å². The second-order valence-corrected chi connectivity index (χ2v) is 8.28. The summed E-state index contributed by atoms with van der Waals surface area (Å²) in [4.78, 5) is 41.5. The number of anilines is 2. The molecular weight excluding hydrogens is 428 g/mol. The van der Waals surface area contributed by atoms with E-state index in [1.54, 1.807) is 53.4 Å². The Morgan fingerprint density at radius 3 is 2.00 bits per heavy atom. The van der Waals surface area contributed by atoms with Gasteiger partial charge in [-0.05, 0) is 48.4 Å². The van der Waals surface area contributed by atoms with E-state index in [1.165, 1.54) is 0 Å². The number of benzene rings is 3. The van der Waals surface area contributed by atoms with E-state index in [0.29, 0.717) is 55.1 Å². The number of nitrogens with one attached hydrogen (secondary N) is 1. The Hall–Kier alpha value is -4.13. The zero-order valence-electron chi connectivity index (χ0n) is 18.9. The Labute approximate surface area is 199 Å². The molecule has 0 aromatic heterocycles. The van der Waals surface area contributed by atoms with Gasteiger partial charge in [0, 0.05) is 43.7 Å². The molecule has 1 saturated heterocycles. The number of nitrogen functional groups attached to an aromatic ring is 1. The average Bonchev–Trinajstić information content (AvgIpc) is 2.89. The largest absolute Gasteiger partial charge is 0.397 e. The van der Waals surface area contributed by atoms with Crippen molar-refractivity contribution in [3.63, 3.8) is 0 Å². The van der Waals surface area contributed by atoms with E-state index in [1.807, 2.05) is 35.2 Å². The Morgan fingerprint density at radius 1 is 0.735 bits per heavy atom. The molecule has 7 nitrogen and oxygen atoms in total. The highest BCUT2D eigenvalue weighted by Crippen LogP contribution is 2.18. The number of aryl methyl sites for hydroxylation is 1. The van der Waals surface area contributed by atoms with Crippen molar-refractivity contribution in [3.8, 4) is 0 Å². The summed E-state index contributed by atoms with van der Waals surface area (Å²) in [5.41, 5.74) is 9.01. The van der Waals surface area contributed by atoms with Gasteiger partial charge in [0.2, 0.25) is 5.91 Å². The maximum atomic E-state index is 12.9. The highest BCUT2D eigenvalue weighted by molar-refractivity contribution is 6.06. The van der Waals surface area contributed by atoms with E-state index in [9.17, 15) is 14.4 Å². The van der Waals surface area contributed by atoms with Crippen LogP contribution in [0.1, 0.15) is 32.7 Å². The number of hydrogen-bond acceptors (Lipinski definition) is 4. The molecule has 34 heavy (non-hydrogen) atoms. The molecule has 1 aliphatic heterocycles. The summed E-state index contributed by atoms with van der Waals surface area (Å²) in [6.07, 6.45) is 1.19. The van der Waals surface area contributed by atoms with Gasteiger partial charge in [0.15, 0.2) is 0 Å². The Bertz CT molecular complexity index is 1150. The Kier molecular flexibility index (Phi) is 7.22. The molecular formula is C27H28N4O3. The molecule has 3 aromatic carbocycles. The van der Waals surface area contributed by atoms with Crippen molar-refractivity contribution in [1.29, 1.82) is 0 Å². The number of nitrogens with two attached hydrogens (primary N) is 1. The Morgan fingerprint density at radius 2 is 1.32 bits per heavy atom. The number of carbonyl (C=O) groups is 3. The number of amides is 3. The number of carbonyl (C=O) groups excluding carboxylic acids is 3. The summed E-state index contributed by atoms with van der Waals surface area (Å²) in [6.45, 7) is 2.04. The third-order valence-electron chi connectivity index (χ3n) is 5.99. The van der Waals surface area contributed by atoms with Gasteiger partial charge in [-0.1, -0.05) is 42.5 Å². The molecule has 0 spiro atoms. The van der Waals surface area contributed by atoms with Crippen LogP contribution >= 0.6 is 0 Å². The number of para-hydroxylation sites is 2. The van der Waals surface area contributed by atoms with Gasteiger partial charge in [-0.25, -0.2) is 0 Å². The monoisotopic (exact) mass is 456 g/mol. The van der Waals surface area contributed by atoms with Crippen molar-refractivity contribution in [1.82, 2.24) is 9.80 Å². The normalized spacial score (nSPS) is 13.4. The lowest BCUT2D eigenvalue weighted by molar-refractivity contribution is -0.132. The predicted molar refractivity (Wildman–Crippen MR) is 132 cm³/mol. The standard InChI is InChI=1S/C27H28N4O3/c28-23-8-4-5-9-24(23)29-26(33)21-11-13-22(14-12-21)27(34)31-18-16-30(17-19-31)25(32)15-10-20-6-2-1-3-7-20/h1-9,11-14H,10,15-19,28H2,(H,29,33). The number of rotatable bonds is 6. The van der Waals surface area contributed by atoms with Crippen molar-refractivity contribution in [2.75, 3.05) is 37.2 Å². The second kappa shape index (κ2) is 10.7. The molecule has 3 amide bonds. The summed E-state index contributed by atoms with van der Waals surface area (Å²) in [7, 11) is 0. The molecule has 0 aliphatic carbocycles. The molecule has 1 fully saturated rings. The zero-order chi connectivity index (χ0) is 23.9. The van der Waals surface area contributed by atoms with Crippen LogP contribution in [0.2, 0.25) is 0 Å². The van der Waals surface area contributed by atoms with Crippen molar-refractivity contribution < 1.29 is 14.4 Å². The van der Waals surface area contributed by atoms with Crippen LogP contribution in [0.4, 0.5) is 11.4 Å². The molecule has 1 heterocycles. The van der Waals surface area contributed by atoms with E-state index in [-0.39, 0.29) is 17.7 Å². The Balaban J connectivity index is 1.28. The first kappa shape index (κ1) is 23.0. The van der Waals surface area contributed by atoms with E-state index < -0.39 is 0 Å². The molecule has 4 rings (SSSR count). The fraction of sp³-hybridized carbons (Fsp3) is 0.222. The first-order chi connectivity index (χ1) is 16.5. The van der Waals surface area contributed by atoms with Gasteiger partial charge >= 0.3 is 0 Å². The summed E-state index contributed by atoms with van der Waals surface area (Å²) >= 11 is 0. The van der Waals surface area contributed by atoms with Gasteiger partial charge in [-0.3, -0.25) is 14.4 Å². The average molecular weight is 457 g/mol. The van der Waals surface area contributed by atoms with E-state index in [0.717, 1.165) is 12.0 Å². The van der Waals surface area contributed by atoms with Crippen LogP contribution < -0.4 is 11.1 Å². The van der Waals surface area contributed by atoms with Gasteiger partial charge in [0.25, 0.3) is 11.8 Å². The van der Waals surface area contributed by atoms with Gasteiger partial charge in [-0.15, -0.1) is 0 Å². The minimum Gasteiger partial charge on any atom is -0.397 e. The molecule has 1 aliphatic rings. The molecule has 0 saturated carbocycles. The van der Waals surface area contributed by atoms with Crippen LogP contribution in [-0.4, -0.2) is 53.7 Å². The van der Waals surface area contributed by atoms with Crippen molar-refractivity contribution in [2.24, 2.45) is 0 Å². The third-order valence-corrected chi connectivity index (χ3v) is 5.99. The van der Waals surface area contributed by atoms with Crippen molar-refractivity contribution in [3.05, 3.63) is 95.6 Å². The van der Waals surface area contributed by atoms with Crippen LogP contribution in [0, 0.1) is 0 Å². The zero-order valence-corrected chi connectivity index (χ0v) is 18.9. The van der Waals surface area contributed by atoms with E-state index in [2.05, 4.69) is 5.32 Å². The highest BCUT2D eigenvalue weighted by atomic mass is 16.2. The fourth-order valence-corrected chi connectivity index (χ4v) is 3.97.